The molecule has 0 unspecified atom stereocenters. The molecule has 0 amide bonds. The van der Waals surface area contributed by atoms with Crippen molar-refractivity contribution in [3.63, 3.8) is 0 Å². The maximum Gasteiger partial charge on any atom is 0.490 e. The molecule has 2 heterocycles. The summed E-state index contributed by atoms with van der Waals surface area (Å²) in [5.74, 6) is -1.30. The Morgan fingerprint density at radius 3 is 2.39 bits per heavy atom. The minimum Gasteiger partial charge on any atom is -0.475 e. The van der Waals surface area contributed by atoms with E-state index >= 15 is 0 Å². The van der Waals surface area contributed by atoms with Gasteiger partial charge in [-0.3, -0.25) is 0 Å². The zero-order valence-electron chi connectivity index (χ0n) is 9.41. The molecule has 0 bridgehead atoms. The summed E-state index contributed by atoms with van der Waals surface area (Å²) in [5.41, 5.74) is 0. The first kappa shape index (κ1) is 14.5. The summed E-state index contributed by atoms with van der Waals surface area (Å²) in [5, 5.41) is 10.4. The Labute approximate surface area is 101 Å². The van der Waals surface area contributed by atoms with Crippen LogP contribution in [0.1, 0.15) is 24.7 Å². The van der Waals surface area contributed by atoms with Gasteiger partial charge in [-0.05, 0) is 25.9 Å². The fraction of sp³-hybridized carbons (Fsp3) is 0.600. The van der Waals surface area contributed by atoms with Crippen LogP contribution in [0.15, 0.2) is 16.9 Å². The van der Waals surface area contributed by atoms with Crippen LogP contribution >= 0.6 is 0 Å². The maximum atomic E-state index is 10.6. The van der Waals surface area contributed by atoms with E-state index in [9.17, 15) is 13.2 Å². The van der Waals surface area contributed by atoms with E-state index in [0.29, 0.717) is 5.92 Å². The Kier molecular flexibility index (Phi) is 5.14. The van der Waals surface area contributed by atoms with Crippen molar-refractivity contribution in [2.24, 2.45) is 0 Å². The second kappa shape index (κ2) is 6.39. The van der Waals surface area contributed by atoms with Crippen molar-refractivity contribution in [1.29, 1.82) is 0 Å². The summed E-state index contributed by atoms with van der Waals surface area (Å²) in [7, 11) is 0. The third-order valence-corrected chi connectivity index (χ3v) is 2.38. The summed E-state index contributed by atoms with van der Waals surface area (Å²) < 4.78 is 37.0. The van der Waals surface area contributed by atoms with Crippen molar-refractivity contribution in [1.82, 2.24) is 10.3 Å². The number of rotatable bonds is 1. The van der Waals surface area contributed by atoms with Crippen LogP contribution in [-0.2, 0) is 4.79 Å². The third-order valence-electron chi connectivity index (χ3n) is 2.38. The molecule has 1 aliphatic heterocycles. The van der Waals surface area contributed by atoms with Gasteiger partial charge in [-0.1, -0.05) is 0 Å². The van der Waals surface area contributed by atoms with Gasteiger partial charge >= 0.3 is 12.1 Å². The molecule has 8 heteroatoms. The number of piperidine rings is 1. The van der Waals surface area contributed by atoms with Gasteiger partial charge in [-0.2, -0.15) is 13.2 Å². The van der Waals surface area contributed by atoms with E-state index in [1.165, 1.54) is 0 Å². The Morgan fingerprint density at radius 2 is 2.00 bits per heavy atom. The molecule has 1 aromatic heterocycles. The molecule has 18 heavy (non-hydrogen) atoms. The van der Waals surface area contributed by atoms with E-state index in [-0.39, 0.29) is 0 Å². The highest BCUT2D eigenvalue weighted by Crippen LogP contribution is 2.22. The highest BCUT2D eigenvalue weighted by molar-refractivity contribution is 5.73. The van der Waals surface area contributed by atoms with E-state index in [4.69, 9.17) is 14.3 Å². The minimum absolute atomic E-state index is 0.547. The normalized spacial score (nSPS) is 16.8. The topological polar surface area (TPSA) is 75.4 Å². The van der Waals surface area contributed by atoms with Crippen molar-refractivity contribution < 1.29 is 27.5 Å². The van der Waals surface area contributed by atoms with E-state index in [0.717, 1.165) is 31.8 Å². The smallest absolute Gasteiger partial charge is 0.475 e. The number of aliphatic carboxylic acids is 1. The lowest BCUT2D eigenvalue weighted by Crippen LogP contribution is -2.26. The molecule has 0 aliphatic carbocycles. The van der Waals surface area contributed by atoms with E-state index < -0.39 is 12.1 Å². The molecule has 1 aliphatic rings. The van der Waals surface area contributed by atoms with Crippen molar-refractivity contribution in [2.75, 3.05) is 13.1 Å². The zero-order chi connectivity index (χ0) is 13.6. The van der Waals surface area contributed by atoms with Gasteiger partial charge < -0.3 is 14.8 Å². The largest absolute Gasteiger partial charge is 0.490 e. The SMILES string of the molecule is O=C(O)C(F)(F)F.c1coc(C2CCNCC2)n1. The average Bonchev–Trinajstić information content (AvgIpc) is 2.83. The van der Waals surface area contributed by atoms with Gasteiger partial charge in [0, 0.05) is 5.92 Å². The second-order valence-corrected chi connectivity index (χ2v) is 3.70. The number of oxazole rings is 1. The Balaban J connectivity index is 0.000000203. The maximum absolute atomic E-state index is 10.6. The standard InChI is InChI=1S/C8H12N2O.C2HF3O2/c1-3-9-4-2-7(1)8-10-5-6-11-8;3-2(4,5)1(6)7/h5-7,9H,1-4H2;(H,6,7). The molecule has 0 aromatic carbocycles. The molecule has 0 radical (unpaired) electrons. The third kappa shape index (κ3) is 4.74. The second-order valence-electron chi connectivity index (χ2n) is 3.70. The van der Waals surface area contributed by atoms with Crippen LogP contribution in [0, 0.1) is 0 Å². The predicted octanol–water partition coefficient (Wildman–Crippen LogP) is 1.77. The van der Waals surface area contributed by atoms with Gasteiger partial charge in [0.2, 0.25) is 0 Å². The fourth-order valence-electron chi connectivity index (χ4n) is 1.50. The number of aromatic nitrogens is 1. The van der Waals surface area contributed by atoms with Gasteiger partial charge in [0.15, 0.2) is 5.89 Å². The Hall–Kier alpha value is -1.57. The highest BCUT2D eigenvalue weighted by atomic mass is 19.4. The van der Waals surface area contributed by atoms with Gasteiger partial charge in [0.1, 0.15) is 6.26 Å². The number of carbonyl (C=O) groups is 1. The van der Waals surface area contributed by atoms with E-state index in [1.807, 2.05) is 0 Å². The van der Waals surface area contributed by atoms with E-state index in [2.05, 4.69) is 10.3 Å². The average molecular weight is 266 g/mol. The van der Waals surface area contributed by atoms with Crippen LogP contribution in [0.4, 0.5) is 13.2 Å². The Bertz CT molecular complexity index is 359. The molecule has 0 atom stereocenters. The number of nitrogens with one attached hydrogen (secondary N) is 1. The zero-order valence-corrected chi connectivity index (χ0v) is 9.41. The summed E-state index contributed by atoms with van der Waals surface area (Å²) in [6.45, 7) is 2.18. The quantitative estimate of drug-likeness (QED) is 0.810. The van der Waals surface area contributed by atoms with Gasteiger partial charge in [0.25, 0.3) is 0 Å². The van der Waals surface area contributed by atoms with Crippen LogP contribution in [0.3, 0.4) is 0 Å². The summed E-state index contributed by atoms with van der Waals surface area (Å²) in [6.07, 6.45) is 0.593. The van der Waals surface area contributed by atoms with Crippen LogP contribution in [-0.4, -0.2) is 35.3 Å². The van der Waals surface area contributed by atoms with E-state index in [1.54, 1.807) is 12.5 Å². The molecule has 1 fully saturated rings. The molecule has 0 spiro atoms. The van der Waals surface area contributed by atoms with Gasteiger partial charge in [0.05, 0.1) is 6.20 Å². The highest BCUT2D eigenvalue weighted by Gasteiger charge is 2.38. The number of hydrogen-bond acceptors (Lipinski definition) is 4. The van der Waals surface area contributed by atoms with Crippen LogP contribution < -0.4 is 5.32 Å². The molecule has 1 saturated heterocycles. The van der Waals surface area contributed by atoms with Crippen molar-refractivity contribution in [3.05, 3.63) is 18.4 Å². The molecule has 102 valence electrons. The molecular weight excluding hydrogens is 253 g/mol. The summed E-state index contributed by atoms with van der Waals surface area (Å²) >= 11 is 0. The number of alkyl halides is 3. The van der Waals surface area contributed by atoms with Gasteiger partial charge in [-0.25, -0.2) is 9.78 Å². The lowest BCUT2D eigenvalue weighted by molar-refractivity contribution is -0.192. The lowest BCUT2D eigenvalue weighted by Gasteiger charge is -2.19. The molecule has 2 rings (SSSR count). The molecule has 2 N–H and O–H groups in total. The molecule has 0 saturated carbocycles. The number of nitrogens with zero attached hydrogens (tertiary/aromatic N) is 1. The summed E-state index contributed by atoms with van der Waals surface area (Å²) in [6, 6.07) is 0. The molecular formula is C10H13F3N2O3. The number of halogens is 3. The van der Waals surface area contributed by atoms with Crippen molar-refractivity contribution in [3.8, 4) is 0 Å². The summed E-state index contributed by atoms with van der Waals surface area (Å²) in [4.78, 5) is 13.0. The van der Waals surface area contributed by atoms with Crippen molar-refractivity contribution >= 4 is 5.97 Å². The van der Waals surface area contributed by atoms with Crippen LogP contribution in [0.2, 0.25) is 0 Å². The van der Waals surface area contributed by atoms with Gasteiger partial charge in [-0.15, -0.1) is 0 Å². The predicted molar refractivity (Wildman–Crippen MR) is 55.0 cm³/mol. The van der Waals surface area contributed by atoms with Crippen molar-refractivity contribution in [2.45, 2.75) is 24.9 Å². The van der Waals surface area contributed by atoms with Crippen LogP contribution in [0.25, 0.3) is 0 Å². The monoisotopic (exact) mass is 266 g/mol. The molecule has 5 nitrogen and oxygen atoms in total. The first-order chi connectivity index (χ1) is 8.41. The first-order valence-electron chi connectivity index (χ1n) is 5.31. The minimum atomic E-state index is -5.08. The number of carboxylic acids is 1. The first-order valence-corrected chi connectivity index (χ1v) is 5.31. The lowest BCUT2D eigenvalue weighted by atomic mass is 9.98. The van der Waals surface area contributed by atoms with Crippen LogP contribution in [0.5, 0.6) is 0 Å². The Morgan fingerprint density at radius 1 is 1.44 bits per heavy atom. The fourth-order valence-corrected chi connectivity index (χ4v) is 1.50. The number of hydrogen-bond donors (Lipinski definition) is 2. The molecule has 1 aromatic rings. The number of carboxylic acid groups (broad SMARTS) is 1.